The number of esters is 1. The van der Waals surface area contributed by atoms with Gasteiger partial charge in [-0.2, -0.15) is 9.41 Å². The molecule has 182 valence electrons. The topological polar surface area (TPSA) is 105 Å². The van der Waals surface area contributed by atoms with Gasteiger partial charge in [0.15, 0.2) is 0 Å². The minimum absolute atomic E-state index is 0.0283. The number of ether oxygens (including phenoxy) is 1. The molecule has 0 atom stereocenters. The number of carbonyl (C=O) groups excluding carboxylic acids is 2. The molecule has 0 heterocycles. The number of hydrogen-bond donors (Lipinski definition) is 1. The van der Waals surface area contributed by atoms with Crippen LogP contribution in [-0.2, 0) is 26.1 Å². The maximum Gasteiger partial charge on any atom is 0.337 e. The number of methoxy groups -OCH3 is 1. The van der Waals surface area contributed by atoms with Gasteiger partial charge in [-0.3, -0.25) is 4.79 Å². The zero-order valence-corrected chi connectivity index (χ0v) is 20.7. The predicted octanol–water partition coefficient (Wildman–Crippen LogP) is 3.78. The van der Waals surface area contributed by atoms with Crippen molar-refractivity contribution in [3.8, 4) is 0 Å². The Morgan fingerprint density at radius 2 is 1.63 bits per heavy atom. The van der Waals surface area contributed by atoms with Gasteiger partial charge in [-0.1, -0.05) is 53.6 Å². The van der Waals surface area contributed by atoms with Crippen LogP contribution in [-0.4, -0.2) is 44.5 Å². The van der Waals surface area contributed by atoms with E-state index in [4.69, 9.17) is 11.6 Å². The highest BCUT2D eigenvalue weighted by molar-refractivity contribution is 7.89. The van der Waals surface area contributed by atoms with E-state index < -0.39 is 28.4 Å². The molecule has 0 bridgehead atoms. The summed E-state index contributed by atoms with van der Waals surface area (Å²) in [6.07, 6.45) is 1.39. The molecule has 0 saturated carbocycles. The molecule has 0 unspecified atom stereocenters. The number of hydrogen-bond acceptors (Lipinski definition) is 6. The number of halogens is 1. The van der Waals surface area contributed by atoms with Gasteiger partial charge in [0.1, 0.15) is 0 Å². The van der Waals surface area contributed by atoms with Crippen molar-refractivity contribution >= 4 is 39.7 Å². The molecule has 1 amide bonds. The molecule has 0 aliphatic carbocycles. The standard InChI is InChI=1S/C25H24ClN3O5S/c1-18-3-13-23(14-4-18)35(32,33)29(16-20-7-11-22(26)12-8-20)17-24(30)28-27-15-19-5-9-21(10-6-19)25(31)34-2/h3-15H,16-17H2,1-2H3,(H,28,30)/b27-15-. The Labute approximate surface area is 209 Å². The Hall–Kier alpha value is -3.53. The molecule has 35 heavy (non-hydrogen) atoms. The maximum atomic E-state index is 13.3. The Kier molecular flexibility index (Phi) is 8.75. The molecule has 8 nitrogen and oxygen atoms in total. The molecular weight excluding hydrogens is 490 g/mol. The summed E-state index contributed by atoms with van der Waals surface area (Å²) in [6, 6.07) is 19.5. The highest BCUT2D eigenvalue weighted by Crippen LogP contribution is 2.20. The van der Waals surface area contributed by atoms with Crippen molar-refractivity contribution in [1.29, 1.82) is 0 Å². The molecule has 10 heteroatoms. The van der Waals surface area contributed by atoms with Gasteiger partial charge < -0.3 is 4.74 Å². The molecule has 0 aliphatic heterocycles. The average Bonchev–Trinajstić information content (AvgIpc) is 2.85. The van der Waals surface area contributed by atoms with E-state index >= 15 is 0 Å². The molecule has 0 aromatic heterocycles. The third kappa shape index (κ3) is 7.22. The third-order valence-corrected chi connectivity index (χ3v) is 7.04. The summed E-state index contributed by atoms with van der Waals surface area (Å²) < 4.78 is 32.3. The van der Waals surface area contributed by atoms with E-state index in [-0.39, 0.29) is 11.4 Å². The van der Waals surface area contributed by atoms with Crippen LogP contribution < -0.4 is 5.43 Å². The second-order valence-electron chi connectivity index (χ2n) is 7.62. The van der Waals surface area contributed by atoms with Crippen molar-refractivity contribution in [2.45, 2.75) is 18.4 Å². The summed E-state index contributed by atoms with van der Waals surface area (Å²) in [6.45, 7) is 1.38. The molecular formula is C25H24ClN3O5S. The largest absolute Gasteiger partial charge is 0.465 e. The molecule has 0 aliphatic rings. The van der Waals surface area contributed by atoms with Crippen molar-refractivity contribution in [3.05, 3.63) is 100 Å². The van der Waals surface area contributed by atoms with Crippen molar-refractivity contribution in [2.75, 3.05) is 13.7 Å². The average molecular weight is 514 g/mol. The highest BCUT2D eigenvalue weighted by Gasteiger charge is 2.27. The Morgan fingerprint density at radius 3 is 2.23 bits per heavy atom. The van der Waals surface area contributed by atoms with Gasteiger partial charge >= 0.3 is 5.97 Å². The van der Waals surface area contributed by atoms with Crippen LogP contribution in [0.15, 0.2) is 82.8 Å². The monoisotopic (exact) mass is 513 g/mol. The van der Waals surface area contributed by atoms with Crippen molar-refractivity contribution in [3.63, 3.8) is 0 Å². The lowest BCUT2D eigenvalue weighted by Gasteiger charge is -2.21. The number of rotatable bonds is 9. The number of hydrazone groups is 1. The Morgan fingerprint density at radius 1 is 1.00 bits per heavy atom. The molecule has 0 spiro atoms. The van der Waals surface area contributed by atoms with Gasteiger partial charge in [0.25, 0.3) is 5.91 Å². The summed E-state index contributed by atoms with van der Waals surface area (Å²) in [5.74, 6) is -1.07. The molecule has 0 saturated heterocycles. The van der Waals surface area contributed by atoms with E-state index in [0.29, 0.717) is 21.7 Å². The second-order valence-corrected chi connectivity index (χ2v) is 9.99. The van der Waals surface area contributed by atoms with Gasteiger partial charge in [-0.05, 0) is 54.4 Å². The summed E-state index contributed by atoms with van der Waals surface area (Å²) in [5.41, 5.74) is 4.95. The normalized spacial score (nSPS) is 11.5. The number of benzene rings is 3. The summed E-state index contributed by atoms with van der Waals surface area (Å²) >= 11 is 5.94. The van der Waals surface area contributed by atoms with E-state index in [2.05, 4.69) is 15.3 Å². The fraction of sp³-hybridized carbons (Fsp3) is 0.160. The van der Waals surface area contributed by atoms with Crippen molar-refractivity contribution in [1.82, 2.24) is 9.73 Å². The zero-order valence-electron chi connectivity index (χ0n) is 19.1. The number of sulfonamides is 1. The fourth-order valence-corrected chi connectivity index (χ4v) is 4.59. The number of aryl methyl sites for hydroxylation is 1. The third-order valence-electron chi connectivity index (χ3n) is 4.99. The van der Waals surface area contributed by atoms with Crippen LogP contribution in [0.2, 0.25) is 5.02 Å². The van der Waals surface area contributed by atoms with Gasteiger partial charge in [0.2, 0.25) is 10.0 Å². The zero-order chi connectivity index (χ0) is 25.4. The lowest BCUT2D eigenvalue weighted by atomic mass is 10.1. The first-order valence-electron chi connectivity index (χ1n) is 10.5. The lowest BCUT2D eigenvalue weighted by molar-refractivity contribution is -0.121. The first-order valence-corrected chi connectivity index (χ1v) is 12.3. The molecule has 0 radical (unpaired) electrons. The first kappa shape index (κ1) is 26.1. The maximum absolute atomic E-state index is 13.3. The minimum atomic E-state index is -3.97. The minimum Gasteiger partial charge on any atom is -0.465 e. The van der Waals surface area contributed by atoms with Gasteiger partial charge in [-0.25, -0.2) is 18.6 Å². The van der Waals surface area contributed by atoms with Crippen LogP contribution in [0.25, 0.3) is 0 Å². The van der Waals surface area contributed by atoms with Gasteiger partial charge in [-0.15, -0.1) is 0 Å². The van der Waals surface area contributed by atoms with Crippen molar-refractivity contribution < 1.29 is 22.7 Å². The van der Waals surface area contributed by atoms with Crippen LogP contribution in [0, 0.1) is 6.92 Å². The smallest absolute Gasteiger partial charge is 0.337 e. The van der Waals surface area contributed by atoms with Crippen LogP contribution in [0.1, 0.15) is 27.0 Å². The van der Waals surface area contributed by atoms with E-state index in [9.17, 15) is 18.0 Å². The van der Waals surface area contributed by atoms with Gasteiger partial charge in [0, 0.05) is 11.6 Å². The van der Waals surface area contributed by atoms with E-state index in [1.54, 1.807) is 60.7 Å². The second kappa shape index (κ2) is 11.7. The van der Waals surface area contributed by atoms with Crippen LogP contribution in [0.5, 0.6) is 0 Å². The number of carbonyl (C=O) groups is 2. The quantitative estimate of drug-likeness (QED) is 0.266. The number of amides is 1. The van der Waals surface area contributed by atoms with Crippen LogP contribution in [0.4, 0.5) is 0 Å². The first-order chi connectivity index (χ1) is 16.7. The number of nitrogens with one attached hydrogen (secondary N) is 1. The van der Waals surface area contributed by atoms with Crippen LogP contribution >= 0.6 is 11.6 Å². The Balaban J connectivity index is 1.74. The van der Waals surface area contributed by atoms with Crippen molar-refractivity contribution in [2.24, 2.45) is 5.10 Å². The van der Waals surface area contributed by atoms with Crippen LogP contribution in [0.3, 0.4) is 0 Å². The van der Waals surface area contributed by atoms with E-state index in [1.807, 2.05) is 6.92 Å². The molecule has 0 fully saturated rings. The fourth-order valence-electron chi connectivity index (χ4n) is 3.08. The molecule has 3 aromatic carbocycles. The molecule has 3 rings (SSSR count). The van der Waals surface area contributed by atoms with E-state index in [1.165, 1.54) is 25.5 Å². The van der Waals surface area contributed by atoms with E-state index in [0.717, 1.165) is 9.87 Å². The highest BCUT2D eigenvalue weighted by atomic mass is 35.5. The van der Waals surface area contributed by atoms with Gasteiger partial charge in [0.05, 0.1) is 30.3 Å². The lowest BCUT2D eigenvalue weighted by Crippen LogP contribution is -2.39. The number of nitrogens with zero attached hydrogens (tertiary/aromatic N) is 2. The SMILES string of the molecule is COC(=O)c1ccc(/C=N\NC(=O)CN(Cc2ccc(Cl)cc2)S(=O)(=O)c2ccc(C)cc2)cc1. The summed E-state index contributed by atoms with van der Waals surface area (Å²) in [5, 5.41) is 4.42. The predicted molar refractivity (Wildman–Crippen MR) is 134 cm³/mol. The Bertz CT molecular complexity index is 1310. The molecule has 3 aromatic rings. The summed E-state index contributed by atoms with van der Waals surface area (Å²) in [7, 11) is -2.68. The summed E-state index contributed by atoms with van der Waals surface area (Å²) in [4.78, 5) is 24.2. The molecule has 1 N–H and O–H groups in total.